The van der Waals surface area contributed by atoms with E-state index in [1.165, 1.54) is 0 Å². The van der Waals surface area contributed by atoms with Crippen LogP contribution in [0, 0.1) is 6.92 Å². The van der Waals surface area contributed by atoms with Crippen LogP contribution in [0.4, 0.5) is 0 Å². The molecule has 1 unspecified atom stereocenters. The predicted octanol–water partition coefficient (Wildman–Crippen LogP) is 3.38. The molecule has 6 heteroatoms. The minimum Gasteiger partial charge on any atom is -0.507 e. The summed E-state index contributed by atoms with van der Waals surface area (Å²) < 4.78 is 5.57. The van der Waals surface area contributed by atoms with E-state index in [0.29, 0.717) is 25.3 Å². The molecule has 1 heterocycles. The molecule has 1 aliphatic heterocycles. The van der Waals surface area contributed by atoms with Crippen molar-refractivity contribution in [2.45, 2.75) is 19.9 Å². The number of ketones is 1. The fraction of sp³-hybridized carbons (Fsp3) is 0.333. The first-order valence-electron chi connectivity index (χ1n) is 10.1. The Kier molecular flexibility index (Phi) is 6.57. The Morgan fingerprint density at radius 2 is 1.83 bits per heavy atom. The molecular weight excluding hydrogens is 380 g/mol. The Bertz CT molecular complexity index is 966. The van der Waals surface area contributed by atoms with Crippen molar-refractivity contribution in [3.8, 4) is 5.75 Å². The van der Waals surface area contributed by atoms with Gasteiger partial charge in [-0.3, -0.25) is 9.59 Å². The van der Waals surface area contributed by atoms with Crippen molar-refractivity contribution in [3.05, 3.63) is 70.8 Å². The van der Waals surface area contributed by atoms with Gasteiger partial charge in [0.05, 0.1) is 18.2 Å². The Morgan fingerprint density at radius 3 is 2.43 bits per heavy atom. The third kappa shape index (κ3) is 4.24. The molecule has 1 N–H and O–H groups in total. The second kappa shape index (κ2) is 9.13. The van der Waals surface area contributed by atoms with E-state index in [2.05, 4.69) is 0 Å². The van der Waals surface area contributed by atoms with Gasteiger partial charge in [-0.25, -0.2) is 0 Å². The van der Waals surface area contributed by atoms with Crippen LogP contribution in [0.1, 0.15) is 29.7 Å². The van der Waals surface area contributed by atoms with Crippen molar-refractivity contribution in [1.82, 2.24) is 9.80 Å². The topological polar surface area (TPSA) is 70.1 Å². The third-order valence-corrected chi connectivity index (χ3v) is 5.19. The first kappa shape index (κ1) is 21.6. The standard InChI is InChI=1S/C24H28N2O4/c1-5-30-19-12-11-18(15-16(19)2)22(27)20-21(17-9-7-6-8-10-17)26(14-13-25(3)4)24(29)23(20)28/h6-12,15,21,27H,5,13-14H2,1-4H3. The van der Waals surface area contributed by atoms with Crippen LogP contribution in [-0.4, -0.2) is 60.4 Å². The smallest absolute Gasteiger partial charge is 0.295 e. The average molecular weight is 408 g/mol. The number of aryl methyl sites for hydroxylation is 1. The van der Waals surface area contributed by atoms with Crippen molar-refractivity contribution in [2.24, 2.45) is 0 Å². The van der Waals surface area contributed by atoms with Crippen LogP contribution in [0.15, 0.2) is 54.1 Å². The lowest BCUT2D eigenvalue weighted by atomic mass is 9.95. The maximum atomic E-state index is 13.0. The van der Waals surface area contributed by atoms with Crippen molar-refractivity contribution < 1.29 is 19.4 Å². The lowest BCUT2D eigenvalue weighted by Gasteiger charge is -2.26. The second-order valence-electron chi connectivity index (χ2n) is 7.62. The summed E-state index contributed by atoms with van der Waals surface area (Å²) in [4.78, 5) is 29.3. The molecule has 0 saturated carbocycles. The van der Waals surface area contributed by atoms with Gasteiger partial charge >= 0.3 is 0 Å². The molecular formula is C24H28N2O4. The molecule has 158 valence electrons. The van der Waals surface area contributed by atoms with E-state index in [1.807, 2.05) is 63.2 Å². The lowest BCUT2D eigenvalue weighted by Crippen LogP contribution is -2.35. The zero-order valence-corrected chi connectivity index (χ0v) is 17.9. The summed E-state index contributed by atoms with van der Waals surface area (Å²) in [6.45, 7) is 5.32. The van der Waals surface area contributed by atoms with Gasteiger partial charge in [0.1, 0.15) is 11.5 Å². The van der Waals surface area contributed by atoms with Gasteiger partial charge in [0, 0.05) is 18.7 Å². The summed E-state index contributed by atoms with van der Waals surface area (Å²) >= 11 is 0. The van der Waals surface area contributed by atoms with Crippen molar-refractivity contribution in [2.75, 3.05) is 33.8 Å². The van der Waals surface area contributed by atoms with Crippen LogP contribution < -0.4 is 4.74 Å². The molecule has 1 saturated heterocycles. The number of nitrogens with zero attached hydrogens (tertiary/aromatic N) is 2. The number of Topliss-reactive ketones (excluding diaryl/α,β-unsaturated/α-hetero) is 1. The monoisotopic (exact) mass is 408 g/mol. The van der Waals surface area contributed by atoms with Crippen LogP contribution >= 0.6 is 0 Å². The number of carbonyl (C=O) groups excluding carboxylic acids is 2. The van der Waals surface area contributed by atoms with E-state index in [1.54, 1.807) is 23.1 Å². The number of amides is 1. The van der Waals surface area contributed by atoms with Crippen molar-refractivity contribution in [3.63, 3.8) is 0 Å². The molecule has 0 aliphatic carbocycles. The van der Waals surface area contributed by atoms with Crippen LogP contribution in [-0.2, 0) is 9.59 Å². The van der Waals surface area contributed by atoms with E-state index in [0.717, 1.165) is 16.9 Å². The number of aliphatic hydroxyl groups excluding tert-OH is 1. The van der Waals surface area contributed by atoms with E-state index in [-0.39, 0.29) is 11.3 Å². The summed E-state index contributed by atoms with van der Waals surface area (Å²) in [6.07, 6.45) is 0. The summed E-state index contributed by atoms with van der Waals surface area (Å²) in [6, 6.07) is 14.0. The van der Waals surface area contributed by atoms with Gasteiger partial charge in [-0.15, -0.1) is 0 Å². The van der Waals surface area contributed by atoms with Gasteiger partial charge < -0.3 is 19.6 Å². The number of ether oxygens (including phenoxy) is 1. The van der Waals surface area contributed by atoms with Crippen molar-refractivity contribution in [1.29, 1.82) is 0 Å². The molecule has 2 aromatic rings. The highest BCUT2D eigenvalue weighted by molar-refractivity contribution is 6.46. The van der Waals surface area contributed by atoms with Crippen molar-refractivity contribution >= 4 is 17.4 Å². The number of carbonyl (C=O) groups is 2. The van der Waals surface area contributed by atoms with Gasteiger partial charge in [0.2, 0.25) is 0 Å². The fourth-order valence-corrected chi connectivity index (χ4v) is 3.67. The zero-order chi connectivity index (χ0) is 21.8. The van der Waals surface area contributed by atoms with Gasteiger partial charge in [-0.2, -0.15) is 0 Å². The second-order valence-corrected chi connectivity index (χ2v) is 7.62. The molecule has 3 rings (SSSR count). The number of likely N-dealkylation sites (tertiary alicyclic amines) is 1. The van der Waals surface area contributed by atoms with E-state index >= 15 is 0 Å². The number of likely N-dealkylation sites (N-methyl/N-ethyl adjacent to an activating group) is 1. The van der Waals surface area contributed by atoms with Gasteiger partial charge in [0.25, 0.3) is 11.7 Å². The number of aliphatic hydroxyl groups is 1. The summed E-state index contributed by atoms with van der Waals surface area (Å²) in [5, 5.41) is 11.1. The number of hydrogen-bond acceptors (Lipinski definition) is 5. The molecule has 6 nitrogen and oxygen atoms in total. The zero-order valence-electron chi connectivity index (χ0n) is 17.9. The summed E-state index contributed by atoms with van der Waals surface area (Å²) in [7, 11) is 3.83. The molecule has 30 heavy (non-hydrogen) atoms. The summed E-state index contributed by atoms with van der Waals surface area (Å²) in [5.41, 5.74) is 2.25. The minimum atomic E-state index is -0.661. The third-order valence-electron chi connectivity index (χ3n) is 5.19. The fourth-order valence-electron chi connectivity index (χ4n) is 3.67. The molecule has 0 spiro atoms. The molecule has 0 bridgehead atoms. The number of benzene rings is 2. The highest BCUT2D eigenvalue weighted by Gasteiger charge is 2.45. The number of rotatable bonds is 7. The molecule has 0 radical (unpaired) electrons. The largest absolute Gasteiger partial charge is 0.507 e. The minimum absolute atomic E-state index is 0.119. The summed E-state index contributed by atoms with van der Waals surface area (Å²) in [5.74, 6) is -0.692. The number of hydrogen-bond donors (Lipinski definition) is 1. The van der Waals surface area contributed by atoms with Crippen LogP contribution in [0.25, 0.3) is 5.76 Å². The molecule has 1 amide bonds. The molecule has 0 aromatic heterocycles. The molecule has 1 atom stereocenters. The SMILES string of the molecule is CCOc1ccc(C(O)=C2C(=O)C(=O)N(CCN(C)C)C2c2ccccc2)cc1C. The average Bonchev–Trinajstić information content (AvgIpc) is 2.98. The lowest BCUT2D eigenvalue weighted by molar-refractivity contribution is -0.140. The van der Waals surface area contributed by atoms with E-state index < -0.39 is 17.7 Å². The van der Waals surface area contributed by atoms with E-state index in [9.17, 15) is 14.7 Å². The van der Waals surface area contributed by atoms with Crippen LogP contribution in [0.5, 0.6) is 5.75 Å². The maximum Gasteiger partial charge on any atom is 0.295 e. The normalized spacial score (nSPS) is 18.3. The highest BCUT2D eigenvalue weighted by atomic mass is 16.5. The predicted molar refractivity (Wildman–Crippen MR) is 116 cm³/mol. The van der Waals surface area contributed by atoms with Gasteiger partial charge in [-0.05, 0) is 57.3 Å². The molecule has 1 fully saturated rings. The van der Waals surface area contributed by atoms with Crippen LogP contribution in [0.2, 0.25) is 0 Å². The quantitative estimate of drug-likeness (QED) is 0.432. The Balaban J connectivity index is 2.10. The Labute approximate surface area is 177 Å². The Morgan fingerprint density at radius 1 is 1.13 bits per heavy atom. The Hall–Kier alpha value is -3.12. The van der Waals surface area contributed by atoms with E-state index in [4.69, 9.17) is 4.74 Å². The highest BCUT2D eigenvalue weighted by Crippen LogP contribution is 2.39. The first-order valence-corrected chi connectivity index (χ1v) is 10.1. The van der Waals surface area contributed by atoms with Gasteiger partial charge in [0.15, 0.2) is 0 Å². The van der Waals surface area contributed by atoms with Gasteiger partial charge in [-0.1, -0.05) is 30.3 Å². The molecule has 2 aromatic carbocycles. The molecule has 1 aliphatic rings. The van der Waals surface area contributed by atoms with Crippen LogP contribution in [0.3, 0.4) is 0 Å². The first-order chi connectivity index (χ1) is 14.3. The maximum absolute atomic E-state index is 13.0.